The van der Waals surface area contributed by atoms with Crippen molar-refractivity contribution in [2.24, 2.45) is 0 Å². The van der Waals surface area contributed by atoms with Gasteiger partial charge in [-0.15, -0.1) is 0 Å². The molecule has 1 unspecified atom stereocenters. The van der Waals surface area contributed by atoms with Gasteiger partial charge in [0, 0.05) is 19.3 Å². The van der Waals surface area contributed by atoms with Crippen LogP contribution in [0.25, 0.3) is 0 Å². The van der Waals surface area contributed by atoms with Gasteiger partial charge in [-0.2, -0.15) is 0 Å². The topological polar surface area (TPSA) is 78.9 Å². The van der Waals surface area contributed by atoms with Crippen LogP contribution in [0.5, 0.6) is 0 Å². The van der Waals surface area contributed by atoms with Crippen LogP contribution in [0.4, 0.5) is 0 Å². The molecule has 58 heavy (non-hydrogen) atoms. The van der Waals surface area contributed by atoms with E-state index in [9.17, 15) is 14.4 Å². The molecular formula is C52H88O6. The van der Waals surface area contributed by atoms with E-state index in [2.05, 4.69) is 93.7 Å². The van der Waals surface area contributed by atoms with Crippen LogP contribution in [0.3, 0.4) is 0 Å². The zero-order valence-corrected chi connectivity index (χ0v) is 37.8. The van der Waals surface area contributed by atoms with E-state index in [-0.39, 0.29) is 37.5 Å². The summed E-state index contributed by atoms with van der Waals surface area (Å²) < 4.78 is 16.6. The molecule has 0 aromatic carbocycles. The van der Waals surface area contributed by atoms with Crippen LogP contribution in [-0.2, 0) is 28.6 Å². The molecule has 1 atom stereocenters. The predicted octanol–water partition coefficient (Wildman–Crippen LogP) is 15.5. The van der Waals surface area contributed by atoms with E-state index in [1.54, 1.807) is 0 Å². The maximum atomic E-state index is 12.7. The maximum Gasteiger partial charge on any atom is 0.306 e. The van der Waals surface area contributed by atoms with E-state index in [0.29, 0.717) is 19.3 Å². The van der Waals surface area contributed by atoms with Gasteiger partial charge in [0.15, 0.2) is 6.10 Å². The average molecular weight is 809 g/mol. The summed E-state index contributed by atoms with van der Waals surface area (Å²) in [5, 5.41) is 0. The molecule has 0 bridgehead atoms. The van der Waals surface area contributed by atoms with Crippen LogP contribution in [0, 0.1) is 0 Å². The summed E-state index contributed by atoms with van der Waals surface area (Å²) in [6, 6.07) is 0. The molecule has 6 nitrogen and oxygen atoms in total. The lowest BCUT2D eigenvalue weighted by Gasteiger charge is -2.18. The lowest BCUT2D eigenvalue weighted by Crippen LogP contribution is -2.30. The molecule has 0 aliphatic carbocycles. The van der Waals surface area contributed by atoms with Crippen molar-refractivity contribution in [3.05, 3.63) is 72.9 Å². The lowest BCUT2D eigenvalue weighted by molar-refractivity contribution is -0.167. The van der Waals surface area contributed by atoms with Crippen LogP contribution in [0.2, 0.25) is 0 Å². The van der Waals surface area contributed by atoms with E-state index in [1.807, 2.05) is 0 Å². The minimum absolute atomic E-state index is 0.0964. The molecule has 332 valence electrons. The van der Waals surface area contributed by atoms with Crippen LogP contribution in [0.15, 0.2) is 72.9 Å². The number of rotatable bonds is 42. The molecular weight excluding hydrogens is 721 g/mol. The first kappa shape index (κ1) is 54.9. The van der Waals surface area contributed by atoms with Gasteiger partial charge in [-0.05, 0) is 83.5 Å². The third kappa shape index (κ3) is 44.0. The van der Waals surface area contributed by atoms with Crippen LogP contribution >= 0.6 is 0 Å². The Hall–Kier alpha value is -3.15. The first-order valence-electron chi connectivity index (χ1n) is 23.9. The molecule has 0 saturated heterocycles. The van der Waals surface area contributed by atoms with Crippen molar-refractivity contribution in [1.29, 1.82) is 0 Å². The molecule has 0 saturated carbocycles. The Bertz CT molecular complexity index is 1110. The van der Waals surface area contributed by atoms with Gasteiger partial charge in [0.05, 0.1) is 0 Å². The van der Waals surface area contributed by atoms with Crippen molar-refractivity contribution in [1.82, 2.24) is 0 Å². The van der Waals surface area contributed by atoms with Crippen molar-refractivity contribution >= 4 is 17.9 Å². The molecule has 0 N–H and O–H groups in total. The van der Waals surface area contributed by atoms with Gasteiger partial charge in [0.1, 0.15) is 13.2 Å². The Morgan fingerprint density at radius 1 is 0.362 bits per heavy atom. The largest absolute Gasteiger partial charge is 0.462 e. The van der Waals surface area contributed by atoms with E-state index < -0.39 is 6.10 Å². The summed E-state index contributed by atoms with van der Waals surface area (Å²) in [6.07, 6.45) is 57.6. The third-order valence-electron chi connectivity index (χ3n) is 9.95. The second-order valence-electron chi connectivity index (χ2n) is 15.6. The van der Waals surface area contributed by atoms with Crippen molar-refractivity contribution in [3.63, 3.8) is 0 Å². The highest BCUT2D eigenvalue weighted by Gasteiger charge is 2.19. The molecule has 0 aromatic heterocycles. The third-order valence-corrected chi connectivity index (χ3v) is 9.95. The van der Waals surface area contributed by atoms with Gasteiger partial charge >= 0.3 is 17.9 Å². The fourth-order valence-electron chi connectivity index (χ4n) is 6.35. The first-order valence-corrected chi connectivity index (χ1v) is 23.9. The summed E-state index contributed by atoms with van der Waals surface area (Å²) in [7, 11) is 0. The van der Waals surface area contributed by atoms with Gasteiger partial charge in [-0.3, -0.25) is 14.4 Å². The Morgan fingerprint density at radius 3 is 1.14 bits per heavy atom. The fraction of sp³-hybridized carbons (Fsp3) is 0.712. The number of unbranched alkanes of at least 4 members (excludes halogenated alkanes) is 19. The van der Waals surface area contributed by atoms with Crippen LogP contribution < -0.4 is 0 Å². The Morgan fingerprint density at radius 2 is 0.690 bits per heavy atom. The quantitative estimate of drug-likeness (QED) is 0.0264. The molecule has 0 spiro atoms. The molecule has 0 rings (SSSR count). The molecule has 0 aliphatic rings. The van der Waals surface area contributed by atoms with Crippen molar-refractivity contribution in [3.8, 4) is 0 Å². The highest BCUT2D eigenvalue weighted by Crippen LogP contribution is 2.13. The minimum Gasteiger partial charge on any atom is -0.462 e. The van der Waals surface area contributed by atoms with E-state index in [1.165, 1.54) is 83.5 Å². The van der Waals surface area contributed by atoms with Gasteiger partial charge in [0.2, 0.25) is 0 Å². The molecule has 0 heterocycles. The molecule has 0 aromatic rings. The fourth-order valence-corrected chi connectivity index (χ4v) is 6.35. The zero-order chi connectivity index (χ0) is 42.3. The molecule has 0 fully saturated rings. The number of esters is 3. The van der Waals surface area contributed by atoms with Crippen LogP contribution in [-0.4, -0.2) is 37.2 Å². The first-order chi connectivity index (χ1) is 28.5. The number of hydrogen-bond acceptors (Lipinski definition) is 6. The van der Waals surface area contributed by atoms with Crippen LogP contribution in [0.1, 0.15) is 220 Å². The van der Waals surface area contributed by atoms with Gasteiger partial charge in [0.25, 0.3) is 0 Å². The van der Waals surface area contributed by atoms with Crippen molar-refractivity contribution < 1.29 is 28.6 Å². The number of ether oxygens (including phenoxy) is 3. The normalized spacial score (nSPS) is 12.7. The Labute approximate surface area is 357 Å². The smallest absolute Gasteiger partial charge is 0.306 e. The van der Waals surface area contributed by atoms with Crippen molar-refractivity contribution in [2.45, 2.75) is 226 Å². The second-order valence-corrected chi connectivity index (χ2v) is 15.6. The Kier molecular flexibility index (Phi) is 44.0. The highest BCUT2D eigenvalue weighted by atomic mass is 16.6. The van der Waals surface area contributed by atoms with E-state index in [4.69, 9.17) is 14.2 Å². The molecule has 6 heteroatoms. The Balaban J connectivity index is 4.40. The van der Waals surface area contributed by atoms with E-state index in [0.717, 1.165) is 89.9 Å². The lowest BCUT2D eigenvalue weighted by atomic mass is 10.1. The van der Waals surface area contributed by atoms with Crippen molar-refractivity contribution in [2.75, 3.05) is 13.2 Å². The second kappa shape index (κ2) is 46.5. The zero-order valence-electron chi connectivity index (χ0n) is 37.8. The highest BCUT2D eigenvalue weighted by molar-refractivity contribution is 5.71. The summed E-state index contributed by atoms with van der Waals surface area (Å²) in [4.78, 5) is 37.7. The summed E-state index contributed by atoms with van der Waals surface area (Å²) in [5.74, 6) is -0.975. The average Bonchev–Trinajstić information content (AvgIpc) is 3.22. The maximum absolute atomic E-state index is 12.7. The standard InChI is InChI=1S/C52H88O6/c1-4-7-10-13-16-18-20-22-24-26-28-29-31-33-36-39-42-45-51(54)57-48-49(47-56-50(53)44-41-38-35-15-12-9-6-3)58-52(55)46-43-40-37-34-32-30-27-25-23-21-19-17-14-11-8-5-2/h7,10,16,18,22,24-25,27-29,33,36,49H,4-6,8-9,11-15,17,19-21,23,26,30-32,34-35,37-48H2,1-3H3/b10-7-,18-16-,24-22-,27-25-,29-28-,36-33-. The minimum atomic E-state index is -0.798. The number of hydrogen-bond donors (Lipinski definition) is 0. The molecule has 0 aliphatic heterocycles. The number of carbonyl (C=O) groups is 3. The summed E-state index contributed by atoms with van der Waals surface area (Å²) >= 11 is 0. The van der Waals surface area contributed by atoms with Gasteiger partial charge in [-0.1, -0.05) is 190 Å². The monoisotopic (exact) mass is 809 g/mol. The van der Waals surface area contributed by atoms with Gasteiger partial charge < -0.3 is 14.2 Å². The summed E-state index contributed by atoms with van der Waals surface area (Å²) in [5.41, 5.74) is 0. The van der Waals surface area contributed by atoms with Gasteiger partial charge in [-0.25, -0.2) is 0 Å². The van der Waals surface area contributed by atoms with E-state index >= 15 is 0 Å². The predicted molar refractivity (Wildman–Crippen MR) is 247 cm³/mol. The molecule has 0 amide bonds. The number of allylic oxidation sites excluding steroid dienone is 12. The summed E-state index contributed by atoms with van der Waals surface area (Å²) in [6.45, 7) is 6.41. The SMILES string of the molecule is CC/C=C\C/C=C\C/C=C\C/C=C\C/C=C\CCCC(=O)OCC(COC(=O)CCCCCCCCC)OC(=O)CCCCCCC/C=C\CCCCCCCCC. The molecule has 0 radical (unpaired) electrons. The number of carbonyl (C=O) groups excluding carboxylic acids is 3.